The number of rotatable bonds is 9. The molecule has 3 amide bonds. The average Bonchev–Trinajstić information content (AvgIpc) is 2.66. The van der Waals surface area contributed by atoms with Crippen LogP contribution in [0.5, 0.6) is 5.75 Å². The third-order valence-electron chi connectivity index (χ3n) is 4.75. The van der Waals surface area contributed by atoms with Gasteiger partial charge in [-0.3, -0.25) is 9.59 Å². The second-order valence-electron chi connectivity index (χ2n) is 10.1. The Balaban J connectivity index is 3.47. The van der Waals surface area contributed by atoms with Crippen LogP contribution in [0.2, 0.25) is 0 Å². The Morgan fingerprint density at radius 2 is 1.76 bits per heavy atom. The summed E-state index contributed by atoms with van der Waals surface area (Å²) in [6.45, 7) is 13.8. The highest BCUT2D eigenvalue weighted by Gasteiger charge is 2.36. The molecule has 2 unspecified atom stereocenters. The zero-order chi connectivity index (χ0) is 26.2. The van der Waals surface area contributed by atoms with Crippen molar-refractivity contribution >= 4 is 17.9 Å². The number of carbonyl (C=O) groups excluding carboxylic acids is 3. The first-order valence-corrected chi connectivity index (χ1v) is 11.4. The third kappa shape index (κ3) is 8.93. The predicted molar refractivity (Wildman–Crippen MR) is 129 cm³/mol. The lowest BCUT2D eigenvalue weighted by Crippen LogP contribution is -2.54. The molecule has 0 aliphatic rings. The molecule has 0 saturated carbocycles. The number of benzene rings is 1. The normalized spacial score (nSPS) is 13.1. The highest BCUT2D eigenvalue weighted by Crippen LogP contribution is 2.27. The number of hydrogen-bond donors (Lipinski definition) is 3. The molecule has 3 N–H and O–H groups in total. The number of nitriles is 1. The molecule has 0 spiro atoms. The Morgan fingerprint density at radius 3 is 2.24 bits per heavy atom. The molecule has 0 aliphatic heterocycles. The number of nitrogens with one attached hydrogen (secondary N) is 2. The summed E-state index contributed by atoms with van der Waals surface area (Å²) in [6, 6.07) is 4.21. The SMILES string of the molecule is Cc1cc(C(C(=O)NC(C)C)N(CC#N)C(=O)C(CC(C)C)NC(=O)OC(C)(C)C)ccc1O. The number of phenols is 1. The summed E-state index contributed by atoms with van der Waals surface area (Å²) in [5.74, 6) is -0.958. The van der Waals surface area contributed by atoms with Crippen LogP contribution in [0.1, 0.15) is 72.1 Å². The van der Waals surface area contributed by atoms with Gasteiger partial charge in [-0.05, 0) is 77.1 Å². The van der Waals surface area contributed by atoms with Crippen molar-refractivity contribution < 1.29 is 24.2 Å². The summed E-state index contributed by atoms with van der Waals surface area (Å²) in [5.41, 5.74) is 0.206. The Morgan fingerprint density at radius 1 is 1.15 bits per heavy atom. The van der Waals surface area contributed by atoms with Crippen molar-refractivity contribution in [3.8, 4) is 11.8 Å². The van der Waals surface area contributed by atoms with Crippen molar-refractivity contribution in [3.05, 3.63) is 29.3 Å². The number of amides is 3. The monoisotopic (exact) mass is 474 g/mol. The number of carbonyl (C=O) groups is 3. The zero-order valence-electron chi connectivity index (χ0n) is 21.4. The fourth-order valence-electron chi connectivity index (χ4n) is 3.40. The molecule has 0 heterocycles. The van der Waals surface area contributed by atoms with Gasteiger partial charge in [-0.25, -0.2) is 4.79 Å². The molecule has 2 atom stereocenters. The molecule has 0 aromatic heterocycles. The largest absolute Gasteiger partial charge is 0.508 e. The highest BCUT2D eigenvalue weighted by atomic mass is 16.6. The summed E-state index contributed by atoms with van der Waals surface area (Å²) in [4.78, 5) is 40.6. The smallest absolute Gasteiger partial charge is 0.408 e. The Hall–Kier alpha value is -3.28. The van der Waals surface area contributed by atoms with E-state index in [0.717, 1.165) is 4.90 Å². The minimum absolute atomic E-state index is 0.0340. The number of hydrogen-bond acceptors (Lipinski definition) is 6. The van der Waals surface area contributed by atoms with Gasteiger partial charge >= 0.3 is 6.09 Å². The number of phenolic OH excluding ortho intramolecular Hbond substituents is 1. The van der Waals surface area contributed by atoms with E-state index in [4.69, 9.17) is 4.74 Å². The standard InChI is InChI=1S/C25H38N4O5/c1-15(2)13-19(28-24(33)34-25(6,7)8)23(32)29(12-11-26)21(22(31)27-16(3)4)18-9-10-20(30)17(5)14-18/h9-10,14-16,19,21,30H,12-13H2,1-8H3,(H,27,31)(H,28,33). The van der Waals surface area contributed by atoms with Gasteiger partial charge in [-0.2, -0.15) is 5.26 Å². The van der Waals surface area contributed by atoms with Gasteiger partial charge in [-0.1, -0.05) is 19.9 Å². The van der Waals surface area contributed by atoms with Crippen LogP contribution in [0.25, 0.3) is 0 Å². The van der Waals surface area contributed by atoms with Crippen molar-refractivity contribution in [3.63, 3.8) is 0 Å². The maximum absolute atomic E-state index is 13.7. The van der Waals surface area contributed by atoms with Crippen molar-refractivity contribution in [2.45, 2.75) is 85.5 Å². The van der Waals surface area contributed by atoms with Crippen molar-refractivity contribution in [2.75, 3.05) is 6.54 Å². The van der Waals surface area contributed by atoms with Crippen LogP contribution < -0.4 is 10.6 Å². The Kier molecular flexibility index (Phi) is 10.4. The van der Waals surface area contributed by atoms with E-state index in [9.17, 15) is 24.8 Å². The molecular weight excluding hydrogens is 436 g/mol. The quantitative estimate of drug-likeness (QED) is 0.469. The number of nitrogens with zero attached hydrogens (tertiary/aromatic N) is 2. The van der Waals surface area contributed by atoms with Crippen LogP contribution in [0.3, 0.4) is 0 Å². The van der Waals surface area contributed by atoms with Gasteiger partial charge in [0.05, 0.1) is 6.07 Å². The minimum Gasteiger partial charge on any atom is -0.508 e. The van der Waals surface area contributed by atoms with Gasteiger partial charge in [0, 0.05) is 6.04 Å². The molecule has 1 aromatic rings. The molecule has 0 fully saturated rings. The van der Waals surface area contributed by atoms with Gasteiger partial charge in [0.1, 0.15) is 30.0 Å². The van der Waals surface area contributed by atoms with E-state index < -0.39 is 35.6 Å². The highest BCUT2D eigenvalue weighted by molar-refractivity contribution is 5.92. The molecular formula is C25H38N4O5. The molecule has 9 nitrogen and oxygen atoms in total. The first-order valence-electron chi connectivity index (χ1n) is 11.4. The molecule has 0 saturated heterocycles. The summed E-state index contributed by atoms with van der Waals surface area (Å²) >= 11 is 0. The first-order chi connectivity index (χ1) is 15.7. The molecule has 9 heteroatoms. The Labute approximate surface area is 202 Å². The fourth-order valence-corrected chi connectivity index (χ4v) is 3.40. The number of alkyl carbamates (subject to hydrolysis) is 1. The summed E-state index contributed by atoms with van der Waals surface area (Å²) in [5, 5.41) is 24.9. The third-order valence-corrected chi connectivity index (χ3v) is 4.75. The van der Waals surface area contributed by atoms with Gasteiger partial charge in [0.15, 0.2) is 0 Å². The first kappa shape index (κ1) is 28.8. The zero-order valence-corrected chi connectivity index (χ0v) is 21.4. The lowest BCUT2D eigenvalue weighted by atomic mass is 9.98. The lowest BCUT2D eigenvalue weighted by Gasteiger charge is -2.34. The number of aryl methyl sites for hydroxylation is 1. The van der Waals surface area contributed by atoms with Gasteiger partial charge < -0.3 is 25.4 Å². The summed E-state index contributed by atoms with van der Waals surface area (Å²) < 4.78 is 5.32. The van der Waals surface area contributed by atoms with Crippen molar-refractivity contribution in [2.24, 2.45) is 5.92 Å². The van der Waals surface area contributed by atoms with Gasteiger partial charge in [-0.15, -0.1) is 0 Å². The summed E-state index contributed by atoms with van der Waals surface area (Å²) in [7, 11) is 0. The van der Waals surface area contributed by atoms with E-state index >= 15 is 0 Å². The van der Waals surface area contributed by atoms with Crippen LogP contribution >= 0.6 is 0 Å². The maximum Gasteiger partial charge on any atom is 0.408 e. The second-order valence-corrected chi connectivity index (χ2v) is 10.1. The van der Waals surface area contributed by atoms with Crippen molar-refractivity contribution in [1.82, 2.24) is 15.5 Å². The molecule has 1 rings (SSSR count). The van der Waals surface area contributed by atoms with Gasteiger partial charge in [0.25, 0.3) is 0 Å². The van der Waals surface area contributed by atoms with E-state index in [0.29, 0.717) is 11.1 Å². The Bertz CT molecular complexity index is 915. The molecule has 0 bridgehead atoms. The van der Waals surface area contributed by atoms with Crippen LogP contribution in [-0.4, -0.2) is 52.1 Å². The average molecular weight is 475 g/mol. The minimum atomic E-state index is -1.14. The van der Waals surface area contributed by atoms with E-state index in [-0.39, 0.29) is 30.7 Å². The predicted octanol–water partition coefficient (Wildman–Crippen LogP) is 3.56. The fraction of sp³-hybridized carbons (Fsp3) is 0.600. The molecule has 0 radical (unpaired) electrons. The van der Waals surface area contributed by atoms with E-state index in [2.05, 4.69) is 10.6 Å². The molecule has 1 aromatic carbocycles. The van der Waals surface area contributed by atoms with Crippen molar-refractivity contribution in [1.29, 1.82) is 5.26 Å². The van der Waals surface area contributed by atoms with E-state index in [1.807, 2.05) is 19.9 Å². The van der Waals surface area contributed by atoms with Crippen LogP contribution in [0.15, 0.2) is 18.2 Å². The van der Waals surface area contributed by atoms with E-state index in [1.54, 1.807) is 53.7 Å². The summed E-state index contributed by atoms with van der Waals surface area (Å²) in [6.07, 6.45) is -0.472. The van der Waals surface area contributed by atoms with E-state index in [1.165, 1.54) is 6.07 Å². The van der Waals surface area contributed by atoms with Crippen LogP contribution in [-0.2, 0) is 14.3 Å². The second kappa shape index (κ2) is 12.3. The van der Waals surface area contributed by atoms with Gasteiger partial charge in [0.2, 0.25) is 11.8 Å². The number of ether oxygens (including phenoxy) is 1. The maximum atomic E-state index is 13.7. The topological polar surface area (TPSA) is 132 Å². The van der Waals surface area contributed by atoms with Crippen LogP contribution in [0, 0.1) is 24.2 Å². The molecule has 34 heavy (non-hydrogen) atoms. The van der Waals surface area contributed by atoms with Crippen LogP contribution in [0.4, 0.5) is 4.79 Å². The molecule has 188 valence electrons. The molecule has 0 aliphatic carbocycles. The number of aromatic hydroxyl groups is 1. The lowest BCUT2D eigenvalue weighted by molar-refractivity contribution is -0.142.